The molecule has 0 radical (unpaired) electrons. The van der Waals surface area contributed by atoms with Crippen LogP contribution in [0.2, 0.25) is 10.0 Å². The highest BCUT2D eigenvalue weighted by molar-refractivity contribution is 8.00. The Bertz CT molecular complexity index is 444. The van der Waals surface area contributed by atoms with E-state index in [0.717, 1.165) is 17.1 Å². The first-order valence-corrected chi connectivity index (χ1v) is 9.28. The zero-order valence-corrected chi connectivity index (χ0v) is 14.5. The van der Waals surface area contributed by atoms with Gasteiger partial charge in [0, 0.05) is 27.4 Å². The van der Waals surface area contributed by atoms with Crippen LogP contribution >= 0.6 is 35.0 Å². The number of thioether (sulfide) groups is 1. The molecule has 1 nitrogen and oxygen atoms in total. The molecule has 1 atom stereocenters. The van der Waals surface area contributed by atoms with Gasteiger partial charge in [0.25, 0.3) is 0 Å². The Balaban J connectivity index is 1.98. The lowest BCUT2D eigenvalue weighted by Crippen LogP contribution is -2.40. The Hall–Kier alpha value is 0.110. The summed E-state index contributed by atoms with van der Waals surface area (Å²) >= 11 is 14.3. The molecule has 1 aromatic carbocycles. The topological polar surface area (TPSA) is 12.0 Å². The summed E-state index contributed by atoms with van der Waals surface area (Å²) < 4.78 is 0.408. The van der Waals surface area contributed by atoms with Crippen molar-refractivity contribution in [2.75, 3.05) is 12.8 Å². The predicted octanol–water partition coefficient (Wildman–Crippen LogP) is 5.71. The summed E-state index contributed by atoms with van der Waals surface area (Å²) in [6.07, 6.45) is 9.00. The Labute approximate surface area is 136 Å². The number of nitrogens with one attached hydrogen (secondary N) is 1. The molecular weight excluding hydrogens is 309 g/mol. The Kier molecular flexibility index (Phi) is 6.09. The summed E-state index contributed by atoms with van der Waals surface area (Å²) in [7, 11) is 0. The molecule has 112 valence electrons. The van der Waals surface area contributed by atoms with Crippen LogP contribution in [0.3, 0.4) is 0 Å². The van der Waals surface area contributed by atoms with Gasteiger partial charge < -0.3 is 5.32 Å². The highest BCUT2D eigenvalue weighted by Gasteiger charge is 2.31. The number of halogens is 2. The van der Waals surface area contributed by atoms with Crippen molar-refractivity contribution in [2.24, 2.45) is 0 Å². The van der Waals surface area contributed by atoms with E-state index in [1.54, 1.807) is 0 Å². The van der Waals surface area contributed by atoms with Crippen molar-refractivity contribution in [2.45, 2.75) is 49.8 Å². The van der Waals surface area contributed by atoms with Crippen molar-refractivity contribution in [1.29, 1.82) is 0 Å². The molecule has 0 aliphatic heterocycles. The maximum atomic E-state index is 6.28. The lowest BCUT2D eigenvalue weighted by molar-refractivity contribution is 0.367. The van der Waals surface area contributed by atoms with Gasteiger partial charge in [0.1, 0.15) is 0 Å². The van der Waals surface area contributed by atoms with E-state index in [2.05, 4.69) is 18.5 Å². The van der Waals surface area contributed by atoms with Gasteiger partial charge in [-0.05, 0) is 43.7 Å². The molecule has 20 heavy (non-hydrogen) atoms. The van der Waals surface area contributed by atoms with E-state index in [1.807, 2.05) is 30.0 Å². The van der Waals surface area contributed by atoms with E-state index in [9.17, 15) is 0 Å². The van der Waals surface area contributed by atoms with Gasteiger partial charge in [0.05, 0.1) is 0 Å². The average Bonchev–Trinajstić information content (AvgIpc) is 2.46. The van der Waals surface area contributed by atoms with Gasteiger partial charge in [0.15, 0.2) is 0 Å². The molecule has 0 aromatic heterocycles. The zero-order chi connectivity index (χ0) is 14.6. The van der Waals surface area contributed by atoms with Crippen LogP contribution < -0.4 is 5.32 Å². The molecule has 1 fully saturated rings. The fourth-order valence-electron chi connectivity index (χ4n) is 2.95. The first-order valence-electron chi connectivity index (χ1n) is 7.30. The second kappa shape index (κ2) is 7.40. The van der Waals surface area contributed by atoms with Crippen LogP contribution in [-0.2, 0) is 0 Å². The number of hydrogen-bond donors (Lipinski definition) is 1. The highest BCUT2D eigenvalue weighted by Crippen LogP contribution is 2.38. The number of hydrogen-bond acceptors (Lipinski definition) is 2. The van der Waals surface area contributed by atoms with Gasteiger partial charge >= 0.3 is 0 Å². The summed E-state index contributed by atoms with van der Waals surface area (Å²) in [5.41, 5.74) is 1.13. The molecule has 0 heterocycles. The van der Waals surface area contributed by atoms with Gasteiger partial charge in [-0.15, -0.1) is 0 Å². The van der Waals surface area contributed by atoms with E-state index in [0.29, 0.717) is 9.77 Å². The average molecular weight is 332 g/mol. The number of benzene rings is 1. The molecule has 0 spiro atoms. The molecule has 1 aliphatic rings. The molecule has 0 amide bonds. The summed E-state index contributed by atoms with van der Waals surface area (Å²) in [6.45, 7) is 3.22. The van der Waals surface area contributed by atoms with Crippen molar-refractivity contribution in [3.05, 3.63) is 33.8 Å². The first-order chi connectivity index (χ1) is 9.56. The molecule has 1 aromatic rings. The fraction of sp³-hybridized carbons (Fsp3) is 0.625. The number of rotatable bonds is 5. The van der Waals surface area contributed by atoms with Crippen LogP contribution in [0.1, 0.15) is 50.6 Å². The Morgan fingerprint density at radius 1 is 1.25 bits per heavy atom. The SMILES string of the molecule is CSC1(CNC(C)c2ccc(Cl)cc2Cl)CCCCC1. The summed E-state index contributed by atoms with van der Waals surface area (Å²) in [5, 5.41) is 5.12. The second-order valence-electron chi connectivity index (χ2n) is 5.72. The van der Waals surface area contributed by atoms with E-state index in [4.69, 9.17) is 23.2 Å². The minimum absolute atomic E-state index is 0.255. The van der Waals surface area contributed by atoms with Crippen molar-refractivity contribution in [3.63, 3.8) is 0 Å². The predicted molar refractivity (Wildman–Crippen MR) is 92.2 cm³/mol. The van der Waals surface area contributed by atoms with E-state index >= 15 is 0 Å². The fourth-order valence-corrected chi connectivity index (χ4v) is 4.45. The van der Waals surface area contributed by atoms with Gasteiger partial charge in [-0.1, -0.05) is 48.5 Å². The van der Waals surface area contributed by atoms with Crippen LogP contribution in [0.15, 0.2) is 18.2 Å². The molecule has 0 bridgehead atoms. The third-order valence-electron chi connectivity index (χ3n) is 4.36. The van der Waals surface area contributed by atoms with Crippen LogP contribution in [0.25, 0.3) is 0 Å². The quantitative estimate of drug-likeness (QED) is 0.741. The van der Waals surface area contributed by atoms with Crippen LogP contribution in [0, 0.1) is 0 Å². The van der Waals surface area contributed by atoms with Gasteiger partial charge in [-0.25, -0.2) is 0 Å². The molecule has 1 aliphatic carbocycles. The van der Waals surface area contributed by atoms with Gasteiger partial charge in [-0.2, -0.15) is 11.8 Å². The summed E-state index contributed by atoms with van der Waals surface area (Å²) in [6, 6.07) is 6.01. The summed E-state index contributed by atoms with van der Waals surface area (Å²) in [4.78, 5) is 0. The van der Waals surface area contributed by atoms with E-state index < -0.39 is 0 Å². The van der Waals surface area contributed by atoms with Crippen LogP contribution in [-0.4, -0.2) is 17.5 Å². The zero-order valence-electron chi connectivity index (χ0n) is 12.2. The molecule has 1 unspecified atom stereocenters. The van der Waals surface area contributed by atoms with Crippen molar-refractivity contribution in [3.8, 4) is 0 Å². The monoisotopic (exact) mass is 331 g/mol. The molecule has 0 saturated heterocycles. The Morgan fingerprint density at radius 2 is 1.95 bits per heavy atom. The largest absolute Gasteiger partial charge is 0.309 e. The minimum Gasteiger partial charge on any atom is -0.309 e. The van der Waals surface area contributed by atoms with Gasteiger partial charge in [-0.3, -0.25) is 0 Å². The smallest absolute Gasteiger partial charge is 0.0468 e. The third kappa shape index (κ3) is 4.07. The molecular formula is C16H23Cl2NS. The standard InChI is InChI=1S/C16H23Cl2NS/c1-12(14-7-6-13(17)10-15(14)18)19-11-16(20-2)8-4-3-5-9-16/h6-7,10,12,19H,3-5,8-9,11H2,1-2H3. The molecule has 1 saturated carbocycles. The Morgan fingerprint density at radius 3 is 2.55 bits per heavy atom. The lowest BCUT2D eigenvalue weighted by atomic mass is 9.88. The van der Waals surface area contributed by atoms with Crippen molar-refractivity contribution in [1.82, 2.24) is 5.32 Å². The van der Waals surface area contributed by atoms with Crippen LogP contribution in [0.5, 0.6) is 0 Å². The molecule has 2 rings (SSSR count). The first kappa shape index (κ1) is 16.5. The van der Waals surface area contributed by atoms with Crippen molar-refractivity contribution < 1.29 is 0 Å². The lowest BCUT2D eigenvalue weighted by Gasteiger charge is -2.37. The minimum atomic E-state index is 0.255. The van der Waals surface area contributed by atoms with E-state index in [1.165, 1.54) is 32.1 Å². The highest BCUT2D eigenvalue weighted by atomic mass is 35.5. The normalized spacial score (nSPS) is 19.8. The maximum absolute atomic E-state index is 6.28. The third-order valence-corrected chi connectivity index (χ3v) is 6.34. The van der Waals surface area contributed by atoms with Gasteiger partial charge in [0.2, 0.25) is 0 Å². The van der Waals surface area contributed by atoms with E-state index in [-0.39, 0.29) is 6.04 Å². The molecule has 4 heteroatoms. The van der Waals surface area contributed by atoms with Crippen LogP contribution in [0.4, 0.5) is 0 Å². The maximum Gasteiger partial charge on any atom is 0.0468 e. The van der Waals surface area contributed by atoms with Crippen molar-refractivity contribution >= 4 is 35.0 Å². The summed E-state index contributed by atoms with van der Waals surface area (Å²) in [5.74, 6) is 0. The second-order valence-corrected chi connectivity index (χ2v) is 7.83. The molecule has 1 N–H and O–H groups in total.